The van der Waals surface area contributed by atoms with Crippen molar-refractivity contribution in [3.8, 4) is 11.6 Å². The average Bonchev–Trinajstić information content (AvgIpc) is 2.87. The molecule has 2 aromatic heterocycles. The monoisotopic (exact) mass is 379 g/mol. The first-order chi connectivity index (χ1) is 9.69. The number of nitrogens with one attached hydrogen (secondary N) is 1. The van der Waals surface area contributed by atoms with Gasteiger partial charge in [-0.05, 0) is 48.6 Å². The van der Waals surface area contributed by atoms with Gasteiger partial charge in [-0.3, -0.25) is 0 Å². The Bertz CT molecular complexity index is 734. The number of halogens is 1. The molecule has 0 atom stereocenters. The molecular weight excluding hydrogens is 365 g/mol. The lowest BCUT2D eigenvalue weighted by atomic mass is 10.2. The number of anilines is 1. The molecule has 0 saturated carbocycles. The van der Waals surface area contributed by atoms with E-state index in [4.69, 9.17) is 4.42 Å². The van der Waals surface area contributed by atoms with Crippen LogP contribution in [0.25, 0.3) is 22.6 Å². The van der Waals surface area contributed by atoms with Gasteiger partial charge >= 0.3 is 0 Å². The third-order valence-electron chi connectivity index (χ3n) is 3.01. The van der Waals surface area contributed by atoms with Gasteiger partial charge in [0, 0.05) is 11.9 Å². The minimum Gasteiger partial charge on any atom is -0.453 e. The average molecular weight is 379 g/mol. The van der Waals surface area contributed by atoms with Gasteiger partial charge < -0.3 is 9.73 Å². The van der Waals surface area contributed by atoms with Crippen molar-refractivity contribution >= 4 is 39.4 Å². The van der Waals surface area contributed by atoms with Gasteiger partial charge in [0.25, 0.3) is 0 Å². The van der Waals surface area contributed by atoms with Gasteiger partial charge in [-0.15, -0.1) is 0 Å². The summed E-state index contributed by atoms with van der Waals surface area (Å²) in [5, 5.41) is 4.32. The van der Waals surface area contributed by atoms with Crippen LogP contribution in [0.5, 0.6) is 0 Å². The zero-order valence-electron chi connectivity index (χ0n) is 11.3. The summed E-state index contributed by atoms with van der Waals surface area (Å²) in [6, 6.07) is 9.90. The molecule has 4 nitrogen and oxygen atoms in total. The fourth-order valence-electron chi connectivity index (χ4n) is 2.05. The van der Waals surface area contributed by atoms with E-state index in [1.807, 2.05) is 44.2 Å². The summed E-state index contributed by atoms with van der Waals surface area (Å²) in [5.74, 6) is 2.18. The van der Waals surface area contributed by atoms with Crippen molar-refractivity contribution in [3.05, 3.63) is 39.6 Å². The molecule has 3 aromatic rings. The van der Waals surface area contributed by atoms with Crippen molar-refractivity contribution in [2.75, 3.05) is 11.9 Å². The highest BCUT2D eigenvalue weighted by atomic mass is 127. The van der Waals surface area contributed by atoms with Crippen molar-refractivity contribution in [2.24, 2.45) is 0 Å². The SMILES string of the molecule is CCNc1nc(-c2cc3ccccc3o2)nc(C)c1I. The molecule has 0 amide bonds. The second-order valence-corrected chi connectivity index (χ2v) is 5.55. The highest BCUT2D eigenvalue weighted by molar-refractivity contribution is 14.1. The minimum absolute atomic E-state index is 0.620. The maximum Gasteiger partial charge on any atom is 0.197 e. The van der Waals surface area contributed by atoms with Crippen LogP contribution in [0.4, 0.5) is 5.82 Å². The van der Waals surface area contributed by atoms with E-state index in [1.54, 1.807) is 0 Å². The highest BCUT2D eigenvalue weighted by Gasteiger charge is 2.13. The van der Waals surface area contributed by atoms with E-state index >= 15 is 0 Å². The van der Waals surface area contributed by atoms with E-state index in [2.05, 4.69) is 37.9 Å². The van der Waals surface area contributed by atoms with Crippen LogP contribution in [0, 0.1) is 10.5 Å². The summed E-state index contributed by atoms with van der Waals surface area (Å²) in [4.78, 5) is 9.09. The van der Waals surface area contributed by atoms with E-state index in [0.29, 0.717) is 11.6 Å². The molecule has 0 saturated heterocycles. The van der Waals surface area contributed by atoms with Crippen molar-refractivity contribution < 1.29 is 4.42 Å². The van der Waals surface area contributed by atoms with E-state index in [1.165, 1.54) is 0 Å². The van der Waals surface area contributed by atoms with Crippen molar-refractivity contribution in [1.29, 1.82) is 0 Å². The Morgan fingerprint density at radius 2 is 2.05 bits per heavy atom. The van der Waals surface area contributed by atoms with Crippen LogP contribution in [0.15, 0.2) is 34.7 Å². The molecule has 0 aliphatic heterocycles. The lowest BCUT2D eigenvalue weighted by Crippen LogP contribution is -2.05. The van der Waals surface area contributed by atoms with E-state index in [0.717, 1.165) is 32.6 Å². The minimum atomic E-state index is 0.620. The van der Waals surface area contributed by atoms with Gasteiger partial charge in [0.15, 0.2) is 11.6 Å². The van der Waals surface area contributed by atoms with E-state index < -0.39 is 0 Å². The zero-order valence-corrected chi connectivity index (χ0v) is 13.4. The van der Waals surface area contributed by atoms with Gasteiger partial charge in [-0.2, -0.15) is 0 Å². The van der Waals surface area contributed by atoms with Gasteiger partial charge in [0.1, 0.15) is 11.4 Å². The van der Waals surface area contributed by atoms with Crippen LogP contribution in [0.2, 0.25) is 0 Å². The van der Waals surface area contributed by atoms with Crippen molar-refractivity contribution in [2.45, 2.75) is 13.8 Å². The Balaban J connectivity index is 2.13. The highest BCUT2D eigenvalue weighted by Crippen LogP contribution is 2.28. The van der Waals surface area contributed by atoms with Gasteiger partial charge in [-0.1, -0.05) is 18.2 Å². The number of aromatic nitrogens is 2. The Morgan fingerprint density at radius 1 is 1.25 bits per heavy atom. The molecule has 0 radical (unpaired) electrons. The fourth-order valence-corrected chi connectivity index (χ4v) is 2.48. The number of fused-ring (bicyclic) bond motifs is 1. The molecule has 0 unspecified atom stereocenters. The normalized spacial score (nSPS) is 10.9. The number of para-hydroxylation sites is 1. The molecular formula is C15H14IN3O. The lowest BCUT2D eigenvalue weighted by molar-refractivity contribution is 0.624. The second kappa shape index (κ2) is 5.40. The number of rotatable bonds is 3. The molecule has 3 rings (SSSR count). The molecule has 0 spiro atoms. The first kappa shape index (κ1) is 13.4. The molecule has 102 valence electrons. The molecule has 0 aliphatic rings. The Kier molecular flexibility index (Phi) is 3.60. The van der Waals surface area contributed by atoms with Gasteiger partial charge in [0.2, 0.25) is 0 Å². The standard InChI is InChI=1S/C15H14IN3O/c1-3-17-15-13(16)9(2)18-14(19-15)12-8-10-6-4-5-7-11(10)20-12/h4-8H,3H2,1-2H3,(H,17,18,19). The summed E-state index contributed by atoms with van der Waals surface area (Å²) >= 11 is 2.26. The third kappa shape index (κ3) is 2.37. The van der Waals surface area contributed by atoms with Crippen LogP contribution in [-0.4, -0.2) is 16.5 Å². The first-order valence-corrected chi connectivity index (χ1v) is 7.54. The summed E-state index contributed by atoms with van der Waals surface area (Å²) in [5.41, 5.74) is 1.80. The van der Waals surface area contributed by atoms with Gasteiger partial charge in [-0.25, -0.2) is 9.97 Å². The molecule has 20 heavy (non-hydrogen) atoms. The molecule has 1 aromatic carbocycles. The maximum absolute atomic E-state index is 5.83. The largest absolute Gasteiger partial charge is 0.453 e. The Hall–Kier alpha value is -1.63. The second-order valence-electron chi connectivity index (χ2n) is 4.47. The molecule has 2 heterocycles. The van der Waals surface area contributed by atoms with E-state index in [9.17, 15) is 0 Å². The van der Waals surface area contributed by atoms with Gasteiger partial charge in [0.05, 0.1) is 9.26 Å². The summed E-state index contributed by atoms with van der Waals surface area (Å²) < 4.78 is 6.87. The Labute approximate surface area is 130 Å². The quantitative estimate of drug-likeness (QED) is 0.692. The molecule has 0 fully saturated rings. The van der Waals surface area contributed by atoms with Crippen molar-refractivity contribution in [3.63, 3.8) is 0 Å². The number of hydrogen-bond donors (Lipinski definition) is 1. The molecule has 1 N–H and O–H groups in total. The summed E-state index contributed by atoms with van der Waals surface area (Å²) in [6.45, 7) is 4.86. The molecule has 0 bridgehead atoms. The van der Waals surface area contributed by atoms with Crippen LogP contribution >= 0.6 is 22.6 Å². The predicted molar refractivity (Wildman–Crippen MR) is 88.9 cm³/mol. The smallest absolute Gasteiger partial charge is 0.197 e. The fraction of sp³-hybridized carbons (Fsp3) is 0.200. The first-order valence-electron chi connectivity index (χ1n) is 6.46. The van der Waals surface area contributed by atoms with E-state index in [-0.39, 0.29) is 0 Å². The lowest BCUT2D eigenvalue weighted by Gasteiger charge is -2.08. The predicted octanol–water partition coefficient (Wildman–Crippen LogP) is 4.23. The number of benzene rings is 1. The molecule has 5 heteroatoms. The van der Waals surface area contributed by atoms with Crippen LogP contribution in [0.1, 0.15) is 12.6 Å². The number of hydrogen-bond acceptors (Lipinski definition) is 4. The number of furan rings is 1. The van der Waals surface area contributed by atoms with Crippen LogP contribution in [0.3, 0.4) is 0 Å². The zero-order chi connectivity index (χ0) is 14.1. The topological polar surface area (TPSA) is 51.0 Å². The summed E-state index contributed by atoms with van der Waals surface area (Å²) in [7, 11) is 0. The number of nitrogens with zero attached hydrogens (tertiary/aromatic N) is 2. The van der Waals surface area contributed by atoms with Crippen molar-refractivity contribution in [1.82, 2.24) is 9.97 Å². The Morgan fingerprint density at radius 3 is 2.80 bits per heavy atom. The molecule has 0 aliphatic carbocycles. The maximum atomic E-state index is 5.83. The number of aryl methyl sites for hydroxylation is 1. The third-order valence-corrected chi connectivity index (χ3v) is 4.30. The van der Waals surface area contributed by atoms with Crippen LogP contribution in [-0.2, 0) is 0 Å². The summed E-state index contributed by atoms with van der Waals surface area (Å²) in [6.07, 6.45) is 0. The van der Waals surface area contributed by atoms with Crippen LogP contribution < -0.4 is 5.32 Å².